The van der Waals surface area contributed by atoms with Gasteiger partial charge in [-0.05, 0) is 19.9 Å². The zero-order chi connectivity index (χ0) is 21.8. The van der Waals surface area contributed by atoms with Crippen molar-refractivity contribution in [3.8, 4) is 0 Å². The van der Waals surface area contributed by atoms with Crippen molar-refractivity contribution >= 4 is 37.4 Å². The summed E-state index contributed by atoms with van der Waals surface area (Å²) in [6, 6.07) is 2.48. The van der Waals surface area contributed by atoms with Gasteiger partial charge in [0.1, 0.15) is 17.0 Å². The first-order chi connectivity index (χ1) is 13.2. The van der Waals surface area contributed by atoms with Gasteiger partial charge in [0, 0.05) is 30.3 Å². The molecule has 0 N–H and O–H groups in total. The summed E-state index contributed by atoms with van der Waals surface area (Å²) in [7, 11) is -2.33. The summed E-state index contributed by atoms with van der Waals surface area (Å²) in [6.45, 7) is 8.66. The fourth-order valence-corrected chi connectivity index (χ4v) is 4.46. The molecule has 0 bridgehead atoms. The second-order valence-corrected chi connectivity index (χ2v) is 10.8. The minimum absolute atomic E-state index is 0.0157. The molecule has 0 atom stereocenters. The molecular weight excluding hydrogens is 401 g/mol. The van der Waals surface area contributed by atoms with Crippen LogP contribution in [0.2, 0.25) is 0 Å². The molecule has 1 amide bonds. The monoisotopic (exact) mass is 425 g/mol. The third-order valence-electron chi connectivity index (χ3n) is 4.58. The number of rotatable bonds is 3. The van der Waals surface area contributed by atoms with Crippen molar-refractivity contribution in [2.75, 3.05) is 11.9 Å². The average Bonchev–Trinajstić information content (AvgIpc) is 3.15. The van der Waals surface area contributed by atoms with Gasteiger partial charge < -0.3 is 14.3 Å². The fraction of sp³-hybridized carbons (Fsp3) is 0.526. The topological polar surface area (TPSA) is 102 Å². The predicted molar refractivity (Wildman–Crippen MR) is 107 cm³/mol. The molecule has 29 heavy (non-hydrogen) atoms. The van der Waals surface area contributed by atoms with Gasteiger partial charge in [-0.3, -0.25) is 4.79 Å². The van der Waals surface area contributed by atoms with E-state index >= 15 is 0 Å². The van der Waals surface area contributed by atoms with Crippen LogP contribution in [0.25, 0.3) is 11.0 Å². The lowest BCUT2D eigenvalue weighted by molar-refractivity contribution is -0.125. The smallest absolute Gasteiger partial charge is 0.232 e. The molecule has 158 valence electrons. The number of fused-ring (bicyclic) bond motifs is 1. The second-order valence-electron chi connectivity index (χ2n) is 8.82. The number of aromatic nitrogens is 1. The number of carbonyl (C=O) groups is 1. The van der Waals surface area contributed by atoms with E-state index in [9.17, 15) is 17.6 Å². The van der Waals surface area contributed by atoms with Gasteiger partial charge in [0.05, 0.1) is 5.69 Å². The van der Waals surface area contributed by atoms with Crippen molar-refractivity contribution in [2.24, 2.45) is 10.6 Å². The molecule has 8 nitrogen and oxygen atoms in total. The van der Waals surface area contributed by atoms with Crippen LogP contribution < -0.4 is 4.90 Å². The molecule has 1 aromatic carbocycles. The predicted octanol–water partition coefficient (Wildman–Crippen LogP) is 3.40. The van der Waals surface area contributed by atoms with Crippen LogP contribution in [-0.4, -0.2) is 37.2 Å². The highest BCUT2D eigenvalue weighted by Gasteiger charge is 2.37. The number of halogens is 1. The number of amides is 1. The molecule has 0 unspecified atom stereocenters. The van der Waals surface area contributed by atoms with Gasteiger partial charge in [0.2, 0.25) is 15.7 Å². The van der Waals surface area contributed by atoms with E-state index in [0.29, 0.717) is 5.39 Å². The fourth-order valence-electron chi connectivity index (χ4n) is 3.00. The lowest BCUT2D eigenvalue weighted by Gasteiger charge is -2.26. The van der Waals surface area contributed by atoms with Gasteiger partial charge in [-0.1, -0.05) is 31.1 Å². The number of anilines is 1. The largest absolute Gasteiger partial charge is 0.389 e. The number of hydrogen-bond donors (Lipinski definition) is 0. The second kappa shape index (κ2) is 6.79. The summed E-state index contributed by atoms with van der Waals surface area (Å²) < 4.78 is 45.1. The maximum Gasteiger partial charge on any atom is 0.232 e. The zero-order valence-electron chi connectivity index (χ0n) is 17.2. The van der Waals surface area contributed by atoms with Crippen LogP contribution in [0.1, 0.15) is 46.7 Å². The van der Waals surface area contributed by atoms with Crippen molar-refractivity contribution in [1.82, 2.24) is 5.16 Å². The number of nitrogens with zero attached hydrogens (tertiary/aromatic N) is 3. The summed E-state index contributed by atoms with van der Waals surface area (Å²) in [5.41, 5.74) is -1.18. The van der Waals surface area contributed by atoms with Gasteiger partial charge in [-0.15, -0.1) is 0 Å². The van der Waals surface area contributed by atoms with E-state index in [1.807, 2.05) is 0 Å². The van der Waals surface area contributed by atoms with Crippen LogP contribution in [0.4, 0.5) is 10.1 Å². The van der Waals surface area contributed by atoms with E-state index in [1.165, 1.54) is 18.0 Å². The Morgan fingerprint density at radius 1 is 1.31 bits per heavy atom. The Bertz CT molecular complexity index is 1110. The third-order valence-corrected chi connectivity index (χ3v) is 6.17. The van der Waals surface area contributed by atoms with Crippen LogP contribution in [0.5, 0.6) is 0 Å². The highest BCUT2D eigenvalue weighted by Crippen LogP contribution is 2.32. The molecule has 0 saturated heterocycles. The van der Waals surface area contributed by atoms with Gasteiger partial charge in [0.25, 0.3) is 0 Å². The highest BCUT2D eigenvalue weighted by molar-refractivity contribution is 8.05. The minimum atomic E-state index is -3.80. The molecule has 0 saturated carbocycles. The molecule has 0 spiro atoms. The first kappa shape index (κ1) is 21.2. The van der Waals surface area contributed by atoms with Crippen molar-refractivity contribution in [3.63, 3.8) is 0 Å². The summed E-state index contributed by atoms with van der Waals surface area (Å²) in [5, 5.41) is 7.74. The molecule has 3 rings (SSSR count). The summed E-state index contributed by atoms with van der Waals surface area (Å²) in [5.74, 6) is -1.43. The molecule has 1 aliphatic rings. The number of hydrogen-bond acceptors (Lipinski definition) is 7. The Balaban J connectivity index is 1.98. The summed E-state index contributed by atoms with van der Waals surface area (Å²) in [6.07, 6.45) is 0.147. The summed E-state index contributed by atoms with van der Waals surface area (Å²) >= 11 is 0. The number of carbonyl (C=O) groups excluding carboxylic acids is 1. The SMILES string of the molecule is CN(C(=O)C(C)(C)C)c1cc2c(CS(=O)(=O)C3=NOC(C)(C)C3)noc2cc1F. The molecule has 1 aromatic heterocycles. The van der Waals surface area contributed by atoms with Gasteiger partial charge in [-0.2, -0.15) is 0 Å². The van der Waals surface area contributed by atoms with E-state index < -0.39 is 32.4 Å². The van der Waals surface area contributed by atoms with Crippen LogP contribution in [0.3, 0.4) is 0 Å². The molecule has 0 aliphatic carbocycles. The summed E-state index contributed by atoms with van der Waals surface area (Å²) in [4.78, 5) is 18.9. The molecule has 1 aliphatic heterocycles. The van der Waals surface area contributed by atoms with Crippen LogP contribution in [0.15, 0.2) is 21.8 Å². The van der Waals surface area contributed by atoms with Crippen LogP contribution >= 0.6 is 0 Å². The quantitative estimate of drug-likeness (QED) is 0.747. The van der Waals surface area contributed by atoms with Gasteiger partial charge in [-0.25, -0.2) is 12.8 Å². The zero-order valence-corrected chi connectivity index (χ0v) is 18.1. The molecule has 0 radical (unpaired) electrons. The van der Waals surface area contributed by atoms with E-state index in [4.69, 9.17) is 9.36 Å². The molecule has 2 heterocycles. The van der Waals surface area contributed by atoms with Crippen molar-refractivity contribution in [3.05, 3.63) is 23.6 Å². The normalized spacial score (nSPS) is 16.6. The van der Waals surface area contributed by atoms with Gasteiger partial charge in [0.15, 0.2) is 16.4 Å². The number of oxime groups is 1. The maximum atomic E-state index is 14.6. The Morgan fingerprint density at radius 3 is 2.52 bits per heavy atom. The Kier molecular flexibility index (Phi) is 4.97. The lowest BCUT2D eigenvalue weighted by atomic mass is 9.94. The molecular formula is C19H24FN3O5S. The Hall–Kier alpha value is -2.49. The van der Waals surface area contributed by atoms with Gasteiger partial charge >= 0.3 is 0 Å². The first-order valence-electron chi connectivity index (χ1n) is 9.05. The Labute approximate surface area is 168 Å². The minimum Gasteiger partial charge on any atom is -0.389 e. The highest BCUT2D eigenvalue weighted by atomic mass is 32.2. The molecule has 0 fully saturated rings. The average molecular weight is 425 g/mol. The van der Waals surface area contributed by atoms with E-state index in [0.717, 1.165) is 6.07 Å². The maximum absolute atomic E-state index is 14.6. The van der Waals surface area contributed by atoms with E-state index in [2.05, 4.69) is 10.3 Å². The Morgan fingerprint density at radius 2 is 1.97 bits per heavy atom. The standard InChI is InChI=1S/C19H24FN3O5S/c1-18(2,3)17(24)23(6)14-7-11-13(21-27-15(11)8-12(14)20)10-29(25,26)16-9-19(4,5)28-22-16/h7-8H,9-10H2,1-6H3. The molecule has 2 aromatic rings. The number of sulfone groups is 1. The third kappa shape index (κ3) is 4.12. The van der Waals surface area contributed by atoms with E-state index in [1.54, 1.807) is 34.6 Å². The molecule has 10 heteroatoms. The van der Waals surface area contributed by atoms with Crippen molar-refractivity contribution < 1.29 is 27.0 Å². The van der Waals surface area contributed by atoms with E-state index in [-0.39, 0.29) is 34.3 Å². The van der Waals surface area contributed by atoms with Crippen molar-refractivity contribution in [2.45, 2.75) is 52.4 Å². The van der Waals surface area contributed by atoms with Crippen LogP contribution in [-0.2, 0) is 25.2 Å². The van der Waals surface area contributed by atoms with Crippen LogP contribution in [0, 0.1) is 11.2 Å². The first-order valence-corrected chi connectivity index (χ1v) is 10.7. The number of benzene rings is 1. The lowest BCUT2D eigenvalue weighted by Crippen LogP contribution is -2.37. The van der Waals surface area contributed by atoms with Crippen molar-refractivity contribution in [1.29, 1.82) is 0 Å².